The summed E-state index contributed by atoms with van der Waals surface area (Å²) in [5, 5.41) is 2.94. The summed E-state index contributed by atoms with van der Waals surface area (Å²) in [5.41, 5.74) is 0.380. The predicted octanol–water partition coefficient (Wildman–Crippen LogP) is 2.24. The van der Waals surface area contributed by atoms with Crippen LogP contribution in [0, 0.1) is 5.92 Å². The molecule has 0 saturated heterocycles. The van der Waals surface area contributed by atoms with E-state index in [-0.39, 0.29) is 22.9 Å². The van der Waals surface area contributed by atoms with Crippen LogP contribution in [0.5, 0.6) is 0 Å². The fraction of sp³-hybridized carbons (Fsp3) is 0.562. The number of amides is 1. The molecule has 1 aromatic carbocycles. The van der Waals surface area contributed by atoms with Crippen molar-refractivity contribution in [3.8, 4) is 0 Å². The van der Waals surface area contributed by atoms with Crippen molar-refractivity contribution < 1.29 is 13.2 Å². The Labute approximate surface area is 132 Å². The highest BCUT2D eigenvalue weighted by molar-refractivity contribution is 7.89. The van der Waals surface area contributed by atoms with Crippen LogP contribution in [0.2, 0.25) is 0 Å². The summed E-state index contributed by atoms with van der Waals surface area (Å²) in [7, 11) is -2.03. The molecule has 1 aliphatic rings. The smallest absolute Gasteiger partial charge is 0.251 e. The fourth-order valence-corrected chi connectivity index (χ4v) is 3.66. The Morgan fingerprint density at radius 3 is 2.45 bits per heavy atom. The van der Waals surface area contributed by atoms with Gasteiger partial charge < -0.3 is 5.32 Å². The Hall–Kier alpha value is -1.40. The van der Waals surface area contributed by atoms with E-state index in [1.165, 1.54) is 16.4 Å². The molecule has 0 spiro atoms. The summed E-state index contributed by atoms with van der Waals surface area (Å²) in [5.74, 6) is 0.339. The van der Waals surface area contributed by atoms with Crippen molar-refractivity contribution in [3.05, 3.63) is 29.8 Å². The van der Waals surface area contributed by atoms with Gasteiger partial charge in [-0.15, -0.1) is 0 Å². The molecule has 122 valence electrons. The predicted molar refractivity (Wildman–Crippen MR) is 86.2 cm³/mol. The number of nitrogens with zero attached hydrogens (tertiary/aromatic N) is 1. The molecule has 1 unspecified atom stereocenters. The molecule has 1 aliphatic carbocycles. The number of hydrogen-bond acceptors (Lipinski definition) is 3. The normalized spacial score (nSPS) is 16.8. The summed E-state index contributed by atoms with van der Waals surface area (Å²) in [4.78, 5) is 12.4. The van der Waals surface area contributed by atoms with Gasteiger partial charge in [0.05, 0.1) is 4.90 Å². The fourth-order valence-electron chi connectivity index (χ4n) is 2.25. The first-order chi connectivity index (χ1) is 10.2. The lowest BCUT2D eigenvalue weighted by Gasteiger charge is -2.21. The SMILES string of the molecule is CC(NC(=O)c1cccc(S(=O)(=O)N(C)C(C)C)c1)C1CC1. The Morgan fingerprint density at radius 2 is 1.91 bits per heavy atom. The molecule has 0 bridgehead atoms. The minimum absolute atomic E-state index is 0.131. The lowest BCUT2D eigenvalue weighted by Crippen LogP contribution is -2.35. The van der Waals surface area contributed by atoms with Crippen molar-refractivity contribution in [1.29, 1.82) is 0 Å². The quantitative estimate of drug-likeness (QED) is 0.873. The van der Waals surface area contributed by atoms with Gasteiger partial charge in [-0.1, -0.05) is 6.07 Å². The largest absolute Gasteiger partial charge is 0.349 e. The molecule has 22 heavy (non-hydrogen) atoms. The second-order valence-electron chi connectivity index (χ2n) is 6.24. The molecule has 1 aromatic rings. The van der Waals surface area contributed by atoms with Crippen molar-refractivity contribution in [2.45, 2.75) is 50.6 Å². The molecule has 1 fully saturated rings. The molecule has 0 aromatic heterocycles. The summed E-state index contributed by atoms with van der Waals surface area (Å²) >= 11 is 0. The maximum absolute atomic E-state index is 12.5. The van der Waals surface area contributed by atoms with Crippen LogP contribution in [-0.4, -0.2) is 37.8 Å². The Bertz CT molecular complexity index is 651. The minimum atomic E-state index is -3.57. The summed E-state index contributed by atoms with van der Waals surface area (Å²) in [6, 6.07) is 6.21. The number of benzene rings is 1. The molecule has 1 atom stereocenters. The zero-order valence-electron chi connectivity index (χ0n) is 13.5. The Morgan fingerprint density at radius 1 is 1.27 bits per heavy atom. The Kier molecular flexibility index (Phi) is 4.92. The van der Waals surface area contributed by atoms with Crippen LogP contribution in [0.15, 0.2) is 29.2 Å². The van der Waals surface area contributed by atoms with Gasteiger partial charge >= 0.3 is 0 Å². The molecule has 2 rings (SSSR count). The monoisotopic (exact) mass is 324 g/mol. The number of hydrogen-bond donors (Lipinski definition) is 1. The van der Waals surface area contributed by atoms with Gasteiger partial charge in [-0.3, -0.25) is 4.79 Å². The number of carbonyl (C=O) groups excluding carboxylic acids is 1. The molecule has 0 heterocycles. The van der Waals surface area contributed by atoms with Gasteiger partial charge in [0.1, 0.15) is 0 Å². The van der Waals surface area contributed by atoms with Crippen LogP contribution in [0.4, 0.5) is 0 Å². The van der Waals surface area contributed by atoms with E-state index in [0.29, 0.717) is 11.5 Å². The first-order valence-electron chi connectivity index (χ1n) is 7.62. The zero-order valence-corrected chi connectivity index (χ0v) is 14.4. The first-order valence-corrected chi connectivity index (χ1v) is 9.06. The van der Waals surface area contributed by atoms with E-state index in [1.54, 1.807) is 19.2 Å². The van der Waals surface area contributed by atoms with Crippen molar-refractivity contribution in [1.82, 2.24) is 9.62 Å². The van der Waals surface area contributed by atoms with Gasteiger partial charge in [-0.25, -0.2) is 8.42 Å². The third-order valence-electron chi connectivity index (χ3n) is 4.19. The van der Waals surface area contributed by atoms with Crippen molar-refractivity contribution in [3.63, 3.8) is 0 Å². The van der Waals surface area contributed by atoms with Crippen molar-refractivity contribution in [2.75, 3.05) is 7.05 Å². The van der Waals surface area contributed by atoms with Crippen LogP contribution in [-0.2, 0) is 10.0 Å². The van der Waals surface area contributed by atoms with Gasteiger partial charge in [0, 0.05) is 24.7 Å². The van der Waals surface area contributed by atoms with Crippen LogP contribution in [0.25, 0.3) is 0 Å². The van der Waals surface area contributed by atoms with Gasteiger partial charge in [0.25, 0.3) is 5.91 Å². The zero-order chi connectivity index (χ0) is 16.5. The summed E-state index contributed by atoms with van der Waals surface area (Å²) in [6.07, 6.45) is 2.30. The van der Waals surface area contributed by atoms with E-state index in [9.17, 15) is 13.2 Å². The highest BCUT2D eigenvalue weighted by Crippen LogP contribution is 2.32. The number of sulfonamides is 1. The van der Waals surface area contributed by atoms with Gasteiger partial charge in [-0.05, 0) is 57.7 Å². The molecule has 0 aliphatic heterocycles. The van der Waals surface area contributed by atoms with E-state index in [2.05, 4.69) is 5.32 Å². The maximum atomic E-state index is 12.5. The van der Waals surface area contributed by atoms with E-state index in [1.807, 2.05) is 20.8 Å². The highest BCUT2D eigenvalue weighted by atomic mass is 32.2. The number of nitrogens with one attached hydrogen (secondary N) is 1. The van der Waals surface area contributed by atoms with Crippen LogP contribution >= 0.6 is 0 Å². The first kappa shape index (κ1) is 17.0. The second-order valence-corrected chi connectivity index (χ2v) is 8.24. The Balaban J connectivity index is 2.20. The van der Waals surface area contributed by atoms with Gasteiger partial charge in [0.15, 0.2) is 0 Å². The van der Waals surface area contributed by atoms with Crippen molar-refractivity contribution >= 4 is 15.9 Å². The molecular formula is C16H24N2O3S. The van der Waals surface area contributed by atoms with Gasteiger partial charge in [-0.2, -0.15) is 4.31 Å². The molecule has 0 radical (unpaired) electrons. The van der Waals surface area contributed by atoms with Crippen molar-refractivity contribution in [2.24, 2.45) is 5.92 Å². The standard InChI is InChI=1S/C16H24N2O3S/c1-11(2)18(4)22(20,21)15-7-5-6-14(10-15)16(19)17-12(3)13-8-9-13/h5-7,10-13H,8-9H2,1-4H3,(H,17,19). The summed E-state index contributed by atoms with van der Waals surface area (Å²) < 4.78 is 26.3. The number of carbonyl (C=O) groups is 1. The maximum Gasteiger partial charge on any atom is 0.251 e. The number of rotatable bonds is 6. The average molecular weight is 324 g/mol. The molecule has 1 N–H and O–H groups in total. The highest BCUT2D eigenvalue weighted by Gasteiger charge is 2.29. The third kappa shape index (κ3) is 3.67. The molecule has 1 saturated carbocycles. The average Bonchev–Trinajstić information content (AvgIpc) is 3.31. The van der Waals surface area contributed by atoms with E-state index in [4.69, 9.17) is 0 Å². The second kappa shape index (κ2) is 6.38. The minimum Gasteiger partial charge on any atom is -0.349 e. The lowest BCUT2D eigenvalue weighted by molar-refractivity contribution is 0.0935. The van der Waals surface area contributed by atoms with Crippen LogP contribution < -0.4 is 5.32 Å². The summed E-state index contributed by atoms with van der Waals surface area (Å²) in [6.45, 7) is 5.61. The van der Waals surface area contributed by atoms with Crippen LogP contribution in [0.1, 0.15) is 44.0 Å². The van der Waals surface area contributed by atoms with E-state index < -0.39 is 10.0 Å². The molecular weight excluding hydrogens is 300 g/mol. The van der Waals surface area contributed by atoms with Crippen LogP contribution in [0.3, 0.4) is 0 Å². The molecule has 6 heteroatoms. The lowest BCUT2D eigenvalue weighted by atomic mass is 10.1. The third-order valence-corrected chi connectivity index (χ3v) is 6.22. The molecule has 1 amide bonds. The molecule has 5 nitrogen and oxygen atoms in total. The topological polar surface area (TPSA) is 66.5 Å². The van der Waals surface area contributed by atoms with Gasteiger partial charge in [0.2, 0.25) is 10.0 Å². The van der Waals surface area contributed by atoms with E-state index >= 15 is 0 Å². The van der Waals surface area contributed by atoms with E-state index in [0.717, 1.165) is 12.8 Å².